The summed E-state index contributed by atoms with van der Waals surface area (Å²) >= 11 is 0. The van der Waals surface area contributed by atoms with E-state index in [1.807, 2.05) is 0 Å². The summed E-state index contributed by atoms with van der Waals surface area (Å²) in [5.74, 6) is 0. The van der Waals surface area contributed by atoms with Crippen LogP contribution in [0.1, 0.15) is 40.6 Å². The number of nitrogens with zero attached hydrogens (tertiary/aromatic N) is 1. The summed E-state index contributed by atoms with van der Waals surface area (Å²) in [7, 11) is 0.652. The number of aryl methyl sites for hydroxylation is 2. The van der Waals surface area contributed by atoms with Crippen molar-refractivity contribution in [2.24, 2.45) is 0 Å². The van der Waals surface area contributed by atoms with Crippen molar-refractivity contribution in [3.8, 4) is 0 Å². The molecule has 1 saturated heterocycles. The smallest absolute Gasteiger partial charge is 0.130 e. The van der Waals surface area contributed by atoms with Gasteiger partial charge in [-0.2, -0.15) is 0 Å². The zero-order chi connectivity index (χ0) is 15.2. The van der Waals surface area contributed by atoms with Gasteiger partial charge in [-0.15, -0.1) is 0 Å². The minimum atomic E-state index is -1.48. The predicted octanol–water partition coefficient (Wildman–Crippen LogP) is 3.80. The molecule has 0 saturated carbocycles. The lowest BCUT2D eigenvalue weighted by Crippen LogP contribution is -2.47. The fourth-order valence-electron chi connectivity index (χ4n) is 3.64. The quantitative estimate of drug-likeness (QED) is 0.854. The Morgan fingerprint density at radius 1 is 1.10 bits per heavy atom. The van der Waals surface area contributed by atoms with E-state index in [1.54, 1.807) is 5.56 Å². The highest BCUT2D eigenvalue weighted by Gasteiger charge is 2.38. The molecular formula is C18H28N2Si. The molecule has 1 aromatic carbocycles. The van der Waals surface area contributed by atoms with Crippen LogP contribution < -0.4 is 4.98 Å². The molecular weight excluding hydrogens is 272 g/mol. The number of nitrogens with one attached hydrogen (secondary N) is 1. The average molecular weight is 301 g/mol. The third-order valence-electron chi connectivity index (χ3n) is 5.47. The van der Waals surface area contributed by atoms with E-state index in [1.165, 1.54) is 48.3 Å². The molecule has 0 spiro atoms. The molecule has 114 valence electrons. The Labute approximate surface area is 130 Å². The summed E-state index contributed by atoms with van der Waals surface area (Å²) in [4.78, 5) is 6.25. The second kappa shape index (κ2) is 5.29. The highest BCUT2D eigenvalue weighted by atomic mass is 28.3. The number of rotatable bonds is 3. The van der Waals surface area contributed by atoms with Crippen LogP contribution in [0.15, 0.2) is 18.2 Å². The number of hydrogen-bond acceptors (Lipinski definition) is 2. The zero-order valence-electron chi connectivity index (χ0n) is 14.1. The van der Waals surface area contributed by atoms with Gasteiger partial charge in [0.05, 0.1) is 0 Å². The van der Waals surface area contributed by atoms with Crippen LogP contribution in [-0.4, -0.2) is 33.3 Å². The Hall–Kier alpha value is -1.06. The first-order valence-corrected chi connectivity index (χ1v) is 11.3. The molecule has 1 aliphatic carbocycles. The van der Waals surface area contributed by atoms with Crippen molar-refractivity contribution in [2.45, 2.75) is 45.3 Å². The van der Waals surface area contributed by atoms with Gasteiger partial charge in [0.15, 0.2) is 0 Å². The lowest BCUT2D eigenvalue weighted by molar-refractivity contribution is 0.494. The highest BCUT2D eigenvalue weighted by Crippen LogP contribution is 2.43. The molecule has 3 rings (SSSR count). The Morgan fingerprint density at radius 3 is 2.33 bits per heavy atom. The van der Waals surface area contributed by atoms with Crippen molar-refractivity contribution < 1.29 is 0 Å². The Balaban J connectivity index is 2.10. The number of benzene rings is 1. The second-order valence-electron chi connectivity index (χ2n) is 7.22. The van der Waals surface area contributed by atoms with Crippen LogP contribution in [-0.2, 0) is 0 Å². The molecule has 1 atom stereocenters. The molecule has 0 aromatic heterocycles. The largest absolute Gasteiger partial charge is 0.371 e. The van der Waals surface area contributed by atoms with E-state index in [4.69, 9.17) is 0 Å². The predicted molar refractivity (Wildman–Crippen MR) is 94.0 cm³/mol. The maximum Gasteiger partial charge on any atom is 0.130 e. The van der Waals surface area contributed by atoms with Gasteiger partial charge in [-0.25, -0.2) is 0 Å². The summed E-state index contributed by atoms with van der Waals surface area (Å²) in [5, 5.41) is 0. The normalized spacial score (nSPS) is 21.7. The number of likely N-dealkylation sites (tertiary alicyclic amines) is 1. The van der Waals surface area contributed by atoms with Crippen molar-refractivity contribution in [3.63, 3.8) is 0 Å². The molecule has 1 heterocycles. The van der Waals surface area contributed by atoms with Crippen LogP contribution in [0.4, 0.5) is 0 Å². The minimum Gasteiger partial charge on any atom is -0.371 e. The molecule has 1 N–H and O–H groups in total. The number of hydrogen-bond donors (Lipinski definition) is 1. The molecule has 1 aromatic rings. The van der Waals surface area contributed by atoms with E-state index >= 15 is 0 Å². The van der Waals surface area contributed by atoms with E-state index < -0.39 is 8.24 Å². The van der Waals surface area contributed by atoms with Crippen molar-refractivity contribution >= 4 is 13.9 Å². The summed E-state index contributed by atoms with van der Waals surface area (Å²) in [6.45, 7) is 11.8. The van der Waals surface area contributed by atoms with Gasteiger partial charge in [0, 0.05) is 29.9 Å². The number of allylic oxidation sites excluding steroid dienone is 1. The van der Waals surface area contributed by atoms with Gasteiger partial charge < -0.3 is 9.88 Å². The first-order valence-electron chi connectivity index (χ1n) is 8.21. The first kappa shape index (κ1) is 14.9. The van der Waals surface area contributed by atoms with E-state index in [2.05, 4.69) is 62.1 Å². The third-order valence-corrected chi connectivity index (χ3v) is 8.79. The van der Waals surface area contributed by atoms with Gasteiger partial charge >= 0.3 is 0 Å². The summed E-state index contributed by atoms with van der Waals surface area (Å²) < 4.78 is 0. The molecule has 0 bridgehead atoms. The summed E-state index contributed by atoms with van der Waals surface area (Å²) in [6, 6.07) is 4.87. The Kier molecular flexibility index (Phi) is 3.74. The average Bonchev–Trinajstić information content (AvgIpc) is 3.07. The lowest BCUT2D eigenvalue weighted by atomic mass is 10.0. The van der Waals surface area contributed by atoms with Gasteiger partial charge in [-0.05, 0) is 56.5 Å². The van der Waals surface area contributed by atoms with Gasteiger partial charge in [0.2, 0.25) is 0 Å². The Bertz CT molecular complexity index is 583. The van der Waals surface area contributed by atoms with Crippen LogP contribution >= 0.6 is 0 Å². The molecule has 0 amide bonds. The maximum atomic E-state index is 3.65. The van der Waals surface area contributed by atoms with Crippen molar-refractivity contribution in [1.82, 2.24) is 9.88 Å². The van der Waals surface area contributed by atoms with E-state index in [9.17, 15) is 0 Å². The SMILES string of the molecule is CN[Si](C)(C)C1C=C(N2CCCC2)c2cc(C)c(C)cc21. The molecule has 0 radical (unpaired) electrons. The maximum absolute atomic E-state index is 3.65. The van der Waals surface area contributed by atoms with Crippen molar-refractivity contribution in [1.29, 1.82) is 0 Å². The molecule has 2 nitrogen and oxygen atoms in total. The van der Waals surface area contributed by atoms with Gasteiger partial charge in [0.1, 0.15) is 8.24 Å². The molecule has 3 heteroatoms. The lowest BCUT2D eigenvalue weighted by Gasteiger charge is -2.28. The molecule has 2 aliphatic rings. The van der Waals surface area contributed by atoms with Crippen LogP contribution in [0.25, 0.3) is 5.70 Å². The van der Waals surface area contributed by atoms with Gasteiger partial charge in [-0.1, -0.05) is 25.2 Å². The van der Waals surface area contributed by atoms with Crippen LogP contribution in [0.2, 0.25) is 13.1 Å². The fraction of sp³-hybridized carbons (Fsp3) is 0.556. The standard InChI is InChI=1S/C18H28N2Si/c1-13-10-15-16(11-14(13)2)18(21(4,5)19-3)12-17(15)20-8-6-7-9-20/h10-12,18-19H,6-9H2,1-5H3. The van der Waals surface area contributed by atoms with Crippen LogP contribution in [0, 0.1) is 13.8 Å². The monoisotopic (exact) mass is 300 g/mol. The van der Waals surface area contributed by atoms with E-state index in [0.29, 0.717) is 5.54 Å². The minimum absolute atomic E-state index is 0.590. The molecule has 1 aliphatic heterocycles. The molecule has 21 heavy (non-hydrogen) atoms. The fourth-order valence-corrected chi connectivity index (χ4v) is 5.54. The topological polar surface area (TPSA) is 15.3 Å². The second-order valence-corrected chi connectivity index (χ2v) is 11.8. The van der Waals surface area contributed by atoms with E-state index in [0.717, 1.165) is 0 Å². The summed E-state index contributed by atoms with van der Waals surface area (Å²) in [6.07, 6.45) is 5.25. The first-order chi connectivity index (χ1) is 9.94. The third kappa shape index (κ3) is 2.47. The zero-order valence-corrected chi connectivity index (χ0v) is 15.1. The van der Waals surface area contributed by atoms with Crippen molar-refractivity contribution in [2.75, 3.05) is 20.1 Å². The molecule has 1 unspecified atom stereocenters. The van der Waals surface area contributed by atoms with E-state index in [-0.39, 0.29) is 0 Å². The molecule has 1 fully saturated rings. The highest BCUT2D eigenvalue weighted by molar-refractivity contribution is 6.77. The van der Waals surface area contributed by atoms with Crippen LogP contribution in [0.5, 0.6) is 0 Å². The number of fused-ring (bicyclic) bond motifs is 1. The van der Waals surface area contributed by atoms with Crippen LogP contribution in [0.3, 0.4) is 0 Å². The van der Waals surface area contributed by atoms with Gasteiger partial charge in [-0.3, -0.25) is 0 Å². The van der Waals surface area contributed by atoms with Crippen molar-refractivity contribution in [3.05, 3.63) is 40.5 Å². The van der Waals surface area contributed by atoms with Gasteiger partial charge in [0.25, 0.3) is 0 Å². The summed E-state index contributed by atoms with van der Waals surface area (Å²) in [5.41, 5.74) is 8.00. The Morgan fingerprint density at radius 2 is 1.71 bits per heavy atom.